The van der Waals surface area contributed by atoms with Crippen LogP contribution in [0.1, 0.15) is 17.5 Å². The lowest BCUT2D eigenvalue weighted by Crippen LogP contribution is -2.38. The van der Waals surface area contributed by atoms with E-state index in [1.54, 1.807) is 0 Å². The van der Waals surface area contributed by atoms with Crippen LogP contribution < -0.4 is 5.73 Å². The third kappa shape index (κ3) is 3.99. The van der Waals surface area contributed by atoms with Gasteiger partial charge in [-0.15, -0.1) is 0 Å². The maximum absolute atomic E-state index is 11.7. The summed E-state index contributed by atoms with van der Waals surface area (Å²) in [6.07, 6.45) is 3.07. The summed E-state index contributed by atoms with van der Waals surface area (Å²) >= 11 is 0. The Morgan fingerprint density at radius 2 is 1.96 bits per heavy atom. The van der Waals surface area contributed by atoms with E-state index >= 15 is 0 Å². The van der Waals surface area contributed by atoms with E-state index in [1.807, 2.05) is 4.90 Å². The second-order valence-electron chi connectivity index (χ2n) is 6.07. The Morgan fingerprint density at radius 3 is 2.65 bits per heavy atom. The maximum atomic E-state index is 11.7. The van der Waals surface area contributed by atoms with E-state index in [0.717, 1.165) is 45.8 Å². The summed E-state index contributed by atoms with van der Waals surface area (Å²) in [5.74, 6) is 0.0295. The number of rotatable bonds is 4. The SMILES string of the molecule is NCC(=O)N1CC=C(c2ccccc2CN2CCOCC2)CC1. The van der Waals surface area contributed by atoms with Crippen molar-refractivity contribution >= 4 is 11.5 Å². The van der Waals surface area contributed by atoms with Crippen molar-refractivity contribution in [3.8, 4) is 0 Å². The molecule has 1 aromatic rings. The molecule has 2 N–H and O–H groups in total. The number of nitrogens with two attached hydrogens (primary N) is 1. The number of hydrogen-bond donors (Lipinski definition) is 1. The Kier molecular flexibility index (Phi) is 5.43. The van der Waals surface area contributed by atoms with Gasteiger partial charge in [-0.3, -0.25) is 9.69 Å². The van der Waals surface area contributed by atoms with Crippen LogP contribution >= 0.6 is 0 Å². The fraction of sp³-hybridized carbons (Fsp3) is 0.500. The van der Waals surface area contributed by atoms with Gasteiger partial charge in [0.05, 0.1) is 19.8 Å². The molecule has 0 spiro atoms. The predicted octanol–water partition coefficient (Wildman–Crippen LogP) is 1.09. The number of morpholine rings is 1. The van der Waals surface area contributed by atoms with E-state index < -0.39 is 0 Å². The van der Waals surface area contributed by atoms with Gasteiger partial charge >= 0.3 is 0 Å². The monoisotopic (exact) mass is 315 g/mol. The average Bonchev–Trinajstić information content (AvgIpc) is 2.62. The van der Waals surface area contributed by atoms with E-state index in [1.165, 1.54) is 16.7 Å². The van der Waals surface area contributed by atoms with Crippen LogP contribution in [0.4, 0.5) is 0 Å². The summed E-state index contributed by atoms with van der Waals surface area (Å²) in [7, 11) is 0. The van der Waals surface area contributed by atoms with Crippen molar-refractivity contribution < 1.29 is 9.53 Å². The van der Waals surface area contributed by atoms with Gasteiger partial charge in [0.2, 0.25) is 5.91 Å². The summed E-state index contributed by atoms with van der Waals surface area (Å²) in [6, 6.07) is 8.61. The molecule has 0 bridgehead atoms. The number of benzene rings is 1. The van der Waals surface area contributed by atoms with Crippen molar-refractivity contribution in [3.63, 3.8) is 0 Å². The van der Waals surface area contributed by atoms with Crippen LogP contribution in [-0.4, -0.2) is 61.6 Å². The first-order chi connectivity index (χ1) is 11.3. The predicted molar refractivity (Wildman–Crippen MR) is 90.8 cm³/mol. The molecule has 0 atom stereocenters. The van der Waals surface area contributed by atoms with Gasteiger partial charge in [-0.05, 0) is 23.1 Å². The number of amides is 1. The van der Waals surface area contributed by atoms with Crippen LogP contribution in [0.5, 0.6) is 0 Å². The minimum atomic E-state index is 0.0295. The smallest absolute Gasteiger partial charge is 0.236 e. The van der Waals surface area contributed by atoms with Crippen LogP contribution in [-0.2, 0) is 16.1 Å². The highest BCUT2D eigenvalue weighted by Crippen LogP contribution is 2.26. The van der Waals surface area contributed by atoms with Gasteiger partial charge in [0.15, 0.2) is 0 Å². The van der Waals surface area contributed by atoms with E-state index in [0.29, 0.717) is 6.54 Å². The zero-order chi connectivity index (χ0) is 16.1. The molecule has 1 aromatic carbocycles. The van der Waals surface area contributed by atoms with E-state index in [2.05, 4.69) is 35.2 Å². The van der Waals surface area contributed by atoms with Crippen molar-refractivity contribution in [2.24, 2.45) is 5.73 Å². The fourth-order valence-electron chi connectivity index (χ4n) is 3.24. The quantitative estimate of drug-likeness (QED) is 0.904. The van der Waals surface area contributed by atoms with Crippen LogP contribution in [0.3, 0.4) is 0 Å². The van der Waals surface area contributed by atoms with Crippen molar-refractivity contribution in [2.75, 3.05) is 45.9 Å². The molecule has 124 valence electrons. The van der Waals surface area contributed by atoms with E-state index in [-0.39, 0.29) is 12.5 Å². The molecule has 0 aliphatic carbocycles. The highest BCUT2D eigenvalue weighted by atomic mass is 16.5. The van der Waals surface area contributed by atoms with Crippen LogP contribution in [0, 0.1) is 0 Å². The fourth-order valence-corrected chi connectivity index (χ4v) is 3.24. The van der Waals surface area contributed by atoms with Gasteiger partial charge in [-0.25, -0.2) is 0 Å². The number of hydrogen-bond acceptors (Lipinski definition) is 4. The average molecular weight is 315 g/mol. The number of carbonyl (C=O) groups is 1. The Hall–Kier alpha value is -1.69. The maximum Gasteiger partial charge on any atom is 0.236 e. The number of carbonyl (C=O) groups excluding carboxylic acids is 1. The summed E-state index contributed by atoms with van der Waals surface area (Å²) in [5.41, 5.74) is 9.47. The van der Waals surface area contributed by atoms with Crippen LogP contribution in [0.15, 0.2) is 30.3 Å². The van der Waals surface area contributed by atoms with Gasteiger partial charge in [-0.2, -0.15) is 0 Å². The largest absolute Gasteiger partial charge is 0.379 e. The minimum absolute atomic E-state index is 0.0295. The molecule has 2 heterocycles. The molecule has 0 radical (unpaired) electrons. The van der Waals surface area contributed by atoms with E-state index in [4.69, 9.17) is 10.5 Å². The number of nitrogens with zero attached hydrogens (tertiary/aromatic N) is 2. The third-order valence-electron chi connectivity index (χ3n) is 4.60. The molecule has 1 amide bonds. The Balaban J connectivity index is 1.72. The molecular formula is C18H25N3O2. The summed E-state index contributed by atoms with van der Waals surface area (Å²) in [5, 5.41) is 0. The van der Waals surface area contributed by atoms with Gasteiger partial charge in [0, 0.05) is 32.7 Å². The lowest BCUT2D eigenvalue weighted by molar-refractivity contribution is -0.129. The summed E-state index contributed by atoms with van der Waals surface area (Å²) in [4.78, 5) is 16.0. The molecule has 1 fully saturated rings. The Morgan fingerprint density at radius 1 is 1.17 bits per heavy atom. The molecule has 5 heteroatoms. The Labute approximate surface area is 137 Å². The summed E-state index contributed by atoms with van der Waals surface area (Å²) < 4.78 is 5.43. The normalized spacial score (nSPS) is 19.5. The first-order valence-electron chi connectivity index (χ1n) is 8.33. The van der Waals surface area contributed by atoms with Crippen LogP contribution in [0.2, 0.25) is 0 Å². The lowest BCUT2D eigenvalue weighted by Gasteiger charge is -2.29. The first kappa shape index (κ1) is 16.2. The molecule has 3 rings (SSSR count). The second kappa shape index (κ2) is 7.73. The molecular weight excluding hydrogens is 290 g/mol. The molecule has 2 aliphatic rings. The molecule has 0 aromatic heterocycles. The molecule has 1 saturated heterocycles. The van der Waals surface area contributed by atoms with Crippen molar-refractivity contribution in [1.29, 1.82) is 0 Å². The standard InChI is InChI=1S/C18H25N3O2/c19-13-18(22)21-7-5-15(6-8-21)17-4-2-1-3-16(17)14-20-9-11-23-12-10-20/h1-5H,6-14,19H2. The second-order valence-corrected chi connectivity index (χ2v) is 6.07. The van der Waals surface area contributed by atoms with E-state index in [9.17, 15) is 4.79 Å². The zero-order valence-corrected chi connectivity index (χ0v) is 13.5. The lowest BCUT2D eigenvalue weighted by atomic mass is 9.94. The Bertz CT molecular complexity index is 579. The molecule has 23 heavy (non-hydrogen) atoms. The highest BCUT2D eigenvalue weighted by Gasteiger charge is 2.19. The highest BCUT2D eigenvalue weighted by molar-refractivity contribution is 5.80. The van der Waals surface area contributed by atoms with Gasteiger partial charge in [-0.1, -0.05) is 30.3 Å². The molecule has 0 unspecified atom stereocenters. The van der Waals surface area contributed by atoms with Crippen LogP contribution in [0.25, 0.3) is 5.57 Å². The number of ether oxygens (including phenoxy) is 1. The van der Waals surface area contributed by atoms with Gasteiger partial charge < -0.3 is 15.4 Å². The zero-order valence-electron chi connectivity index (χ0n) is 13.5. The molecule has 0 saturated carbocycles. The van der Waals surface area contributed by atoms with Crippen molar-refractivity contribution in [3.05, 3.63) is 41.5 Å². The van der Waals surface area contributed by atoms with Gasteiger partial charge in [0.25, 0.3) is 0 Å². The molecule has 2 aliphatic heterocycles. The van der Waals surface area contributed by atoms with Crippen molar-refractivity contribution in [2.45, 2.75) is 13.0 Å². The minimum Gasteiger partial charge on any atom is -0.379 e. The third-order valence-corrected chi connectivity index (χ3v) is 4.60. The first-order valence-corrected chi connectivity index (χ1v) is 8.33. The topological polar surface area (TPSA) is 58.8 Å². The van der Waals surface area contributed by atoms with Gasteiger partial charge in [0.1, 0.15) is 0 Å². The van der Waals surface area contributed by atoms with Crippen molar-refractivity contribution in [1.82, 2.24) is 9.80 Å². The molecule has 5 nitrogen and oxygen atoms in total. The summed E-state index contributed by atoms with van der Waals surface area (Å²) in [6.45, 7) is 6.10.